The molecule has 1 aliphatic rings. The lowest BCUT2D eigenvalue weighted by molar-refractivity contribution is 0.268. The lowest BCUT2D eigenvalue weighted by Gasteiger charge is -2.19. The van der Waals surface area contributed by atoms with Crippen LogP contribution in [0.5, 0.6) is 0 Å². The Labute approximate surface area is 82.8 Å². The van der Waals surface area contributed by atoms with Crippen LogP contribution in [-0.2, 0) is 0 Å². The Morgan fingerprint density at radius 3 is 3.00 bits per heavy atom. The fourth-order valence-electron chi connectivity index (χ4n) is 1.88. The molecule has 0 amide bonds. The van der Waals surface area contributed by atoms with Gasteiger partial charge in [-0.15, -0.1) is 0 Å². The molecule has 0 bridgehead atoms. The highest BCUT2D eigenvalue weighted by Crippen LogP contribution is 2.36. The Morgan fingerprint density at radius 1 is 1.71 bits per heavy atom. The maximum absolute atomic E-state index is 8.96. The number of aromatic nitrogens is 1. The van der Waals surface area contributed by atoms with E-state index in [1.165, 1.54) is 6.26 Å². The number of aryl methyl sites for hydroxylation is 1. The molecule has 76 valence electrons. The van der Waals surface area contributed by atoms with E-state index in [1.54, 1.807) is 0 Å². The van der Waals surface area contributed by atoms with Gasteiger partial charge in [0.15, 0.2) is 5.76 Å². The van der Waals surface area contributed by atoms with Gasteiger partial charge in [-0.2, -0.15) is 0 Å². The number of hydrogen-bond donors (Lipinski definition) is 1. The Bertz CT molecular complexity index is 357. The molecule has 0 radical (unpaired) electrons. The van der Waals surface area contributed by atoms with E-state index in [1.807, 2.05) is 24.9 Å². The van der Waals surface area contributed by atoms with Gasteiger partial charge < -0.3 is 14.5 Å². The quantitative estimate of drug-likeness (QED) is 0.696. The average molecular weight is 194 g/mol. The van der Waals surface area contributed by atoms with Gasteiger partial charge in [0.05, 0.1) is 18.0 Å². The van der Waals surface area contributed by atoms with E-state index >= 15 is 0 Å². The third-order valence-electron chi connectivity index (χ3n) is 2.72. The number of allylic oxidation sites excluding steroid dienone is 1. The number of nitrogens with zero attached hydrogens (tertiary/aromatic N) is 2. The number of aliphatic hydroxyl groups is 1. The maximum atomic E-state index is 8.96. The van der Waals surface area contributed by atoms with E-state index in [4.69, 9.17) is 9.63 Å². The van der Waals surface area contributed by atoms with Gasteiger partial charge in [0.1, 0.15) is 0 Å². The lowest BCUT2D eigenvalue weighted by atomic mass is 10.1. The first-order valence-electron chi connectivity index (χ1n) is 4.71. The Balaban J connectivity index is 2.22. The second-order valence-corrected chi connectivity index (χ2v) is 3.66. The van der Waals surface area contributed by atoms with Crippen LogP contribution in [0.1, 0.15) is 30.3 Å². The average Bonchev–Trinajstić information content (AvgIpc) is 2.72. The van der Waals surface area contributed by atoms with Crippen molar-refractivity contribution in [1.29, 1.82) is 0 Å². The van der Waals surface area contributed by atoms with Crippen LogP contribution in [0.25, 0.3) is 0 Å². The zero-order valence-corrected chi connectivity index (χ0v) is 8.40. The molecule has 0 aromatic carbocycles. The van der Waals surface area contributed by atoms with Gasteiger partial charge in [-0.1, -0.05) is 5.16 Å². The normalized spacial score (nSPS) is 24.9. The smallest absolute Gasteiger partial charge is 0.159 e. The molecule has 1 atom stereocenters. The van der Waals surface area contributed by atoms with Gasteiger partial charge >= 0.3 is 0 Å². The van der Waals surface area contributed by atoms with Gasteiger partial charge in [-0.05, 0) is 19.8 Å². The van der Waals surface area contributed by atoms with Crippen molar-refractivity contribution in [3.05, 3.63) is 29.5 Å². The summed E-state index contributed by atoms with van der Waals surface area (Å²) in [5.41, 5.74) is 1.85. The van der Waals surface area contributed by atoms with Crippen LogP contribution in [0.3, 0.4) is 0 Å². The fourth-order valence-corrected chi connectivity index (χ4v) is 1.88. The summed E-state index contributed by atoms with van der Waals surface area (Å²) in [4.78, 5) is 2.03. The Hall–Kier alpha value is -1.45. The molecule has 1 saturated heterocycles. The SMILES string of the molecule is Cc1cc(C2CCC(=CO)N2C)on1. The Kier molecular flexibility index (Phi) is 2.19. The molecule has 1 N–H and O–H groups in total. The van der Waals surface area contributed by atoms with Gasteiger partial charge in [0.25, 0.3) is 0 Å². The molecule has 1 aliphatic heterocycles. The van der Waals surface area contributed by atoms with Crippen molar-refractivity contribution < 1.29 is 9.63 Å². The molecule has 2 heterocycles. The van der Waals surface area contributed by atoms with E-state index in [0.29, 0.717) is 0 Å². The van der Waals surface area contributed by atoms with Crippen molar-refractivity contribution in [3.63, 3.8) is 0 Å². The van der Waals surface area contributed by atoms with Crippen LogP contribution in [0, 0.1) is 6.92 Å². The molecule has 4 heteroatoms. The summed E-state index contributed by atoms with van der Waals surface area (Å²) in [7, 11) is 1.96. The van der Waals surface area contributed by atoms with Gasteiger partial charge in [-0.25, -0.2) is 0 Å². The minimum Gasteiger partial charge on any atom is -0.514 e. The monoisotopic (exact) mass is 194 g/mol. The first-order chi connectivity index (χ1) is 6.72. The summed E-state index contributed by atoms with van der Waals surface area (Å²) < 4.78 is 5.21. The van der Waals surface area contributed by atoms with Gasteiger partial charge in [0.2, 0.25) is 0 Å². The zero-order valence-electron chi connectivity index (χ0n) is 8.40. The largest absolute Gasteiger partial charge is 0.514 e. The van der Waals surface area contributed by atoms with E-state index in [2.05, 4.69) is 5.16 Å². The van der Waals surface area contributed by atoms with E-state index in [-0.39, 0.29) is 6.04 Å². The molecule has 4 nitrogen and oxygen atoms in total. The standard InChI is InChI=1S/C10H14N2O2/c1-7-5-10(14-11-7)9-4-3-8(6-13)12(9)2/h5-6,9,13H,3-4H2,1-2H3. The third kappa shape index (κ3) is 1.36. The zero-order chi connectivity index (χ0) is 10.1. The molecule has 1 aromatic heterocycles. The molecule has 1 aromatic rings. The second-order valence-electron chi connectivity index (χ2n) is 3.66. The maximum Gasteiger partial charge on any atom is 0.159 e. The number of likely N-dealkylation sites (tertiary alicyclic amines) is 1. The first-order valence-corrected chi connectivity index (χ1v) is 4.71. The van der Waals surface area contributed by atoms with Gasteiger partial charge in [0, 0.05) is 18.8 Å². The summed E-state index contributed by atoms with van der Waals surface area (Å²) >= 11 is 0. The van der Waals surface area contributed by atoms with Crippen LogP contribution in [-0.4, -0.2) is 22.2 Å². The number of hydrogen-bond acceptors (Lipinski definition) is 4. The lowest BCUT2D eigenvalue weighted by Crippen LogP contribution is -2.15. The first kappa shape index (κ1) is 9.12. The van der Waals surface area contributed by atoms with Crippen molar-refractivity contribution in [1.82, 2.24) is 10.1 Å². The predicted molar refractivity (Wildman–Crippen MR) is 51.7 cm³/mol. The van der Waals surface area contributed by atoms with Gasteiger partial charge in [-0.3, -0.25) is 0 Å². The molecule has 1 fully saturated rings. The molecule has 0 saturated carbocycles. The van der Waals surface area contributed by atoms with Crippen LogP contribution in [0.2, 0.25) is 0 Å². The van der Waals surface area contributed by atoms with Crippen LogP contribution < -0.4 is 0 Å². The summed E-state index contributed by atoms with van der Waals surface area (Å²) in [5.74, 6) is 0.877. The minimum absolute atomic E-state index is 0.217. The van der Waals surface area contributed by atoms with Crippen molar-refractivity contribution in [3.8, 4) is 0 Å². The molecule has 0 aliphatic carbocycles. The summed E-state index contributed by atoms with van der Waals surface area (Å²) in [5, 5.41) is 12.8. The second kappa shape index (κ2) is 3.36. The van der Waals surface area contributed by atoms with Crippen molar-refractivity contribution >= 4 is 0 Å². The highest BCUT2D eigenvalue weighted by atomic mass is 16.5. The third-order valence-corrected chi connectivity index (χ3v) is 2.72. The summed E-state index contributed by atoms with van der Waals surface area (Å²) in [6, 6.07) is 2.16. The van der Waals surface area contributed by atoms with E-state index in [0.717, 1.165) is 30.0 Å². The van der Waals surface area contributed by atoms with Crippen molar-refractivity contribution in [2.75, 3.05) is 7.05 Å². The molecule has 1 unspecified atom stereocenters. The molecule has 0 spiro atoms. The number of rotatable bonds is 1. The highest BCUT2D eigenvalue weighted by Gasteiger charge is 2.29. The fraction of sp³-hybridized carbons (Fsp3) is 0.500. The topological polar surface area (TPSA) is 49.5 Å². The van der Waals surface area contributed by atoms with E-state index < -0.39 is 0 Å². The van der Waals surface area contributed by atoms with Crippen LogP contribution in [0.15, 0.2) is 22.5 Å². The Morgan fingerprint density at radius 2 is 2.50 bits per heavy atom. The number of aliphatic hydroxyl groups excluding tert-OH is 1. The molecular formula is C10H14N2O2. The summed E-state index contributed by atoms with van der Waals surface area (Å²) in [6.45, 7) is 1.91. The van der Waals surface area contributed by atoms with E-state index in [9.17, 15) is 0 Å². The van der Waals surface area contributed by atoms with Crippen molar-refractivity contribution in [2.45, 2.75) is 25.8 Å². The highest BCUT2D eigenvalue weighted by molar-refractivity contribution is 5.15. The van der Waals surface area contributed by atoms with Crippen molar-refractivity contribution in [2.24, 2.45) is 0 Å². The van der Waals surface area contributed by atoms with Crippen LogP contribution in [0.4, 0.5) is 0 Å². The molecule has 2 rings (SSSR count). The molecular weight excluding hydrogens is 180 g/mol. The molecule has 14 heavy (non-hydrogen) atoms. The minimum atomic E-state index is 0.217. The summed E-state index contributed by atoms with van der Waals surface area (Å²) in [6.07, 6.45) is 3.03. The van der Waals surface area contributed by atoms with Crippen LogP contribution >= 0.6 is 0 Å². The predicted octanol–water partition coefficient (Wildman–Crippen LogP) is 2.15.